The molecule has 0 bridgehead atoms. The van der Waals surface area contributed by atoms with E-state index in [1.165, 1.54) is 24.3 Å². The number of para-hydroxylation sites is 2. The van der Waals surface area contributed by atoms with E-state index in [0.717, 1.165) is 18.9 Å². The molecule has 1 heterocycles. The topological polar surface area (TPSA) is 137 Å². The lowest BCUT2D eigenvalue weighted by molar-refractivity contribution is -0.384. The van der Waals surface area contributed by atoms with Crippen molar-refractivity contribution in [2.24, 2.45) is 5.92 Å². The molecule has 0 aromatic heterocycles. The van der Waals surface area contributed by atoms with Crippen LogP contribution in [0.2, 0.25) is 0 Å². The first-order valence-electron chi connectivity index (χ1n) is 11.3. The second kappa shape index (κ2) is 11.2. The quantitative estimate of drug-likeness (QED) is 0.320. The number of nitro benzene ring substituents is 1. The highest BCUT2D eigenvalue weighted by molar-refractivity contribution is 7.90. The van der Waals surface area contributed by atoms with Crippen molar-refractivity contribution in [2.45, 2.75) is 17.7 Å². The van der Waals surface area contributed by atoms with Crippen LogP contribution in [0, 0.1) is 16.0 Å². The fourth-order valence-electron chi connectivity index (χ4n) is 3.78. The van der Waals surface area contributed by atoms with Crippen LogP contribution in [0.4, 0.5) is 11.4 Å². The highest BCUT2D eigenvalue weighted by atomic mass is 32.2. The van der Waals surface area contributed by atoms with E-state index < -0.39 is 31.4 Å². The zero-order chi connectivity index (χ0) is 25.5. The predicted octanol–water partition coefficient (Wildman–Crippen LogP) is 4.34. The third kappa shape index (κ3) is 6.18. The van der Waals surface area contributed by atoms with Crippen molar-refractivity contribution in [2.75, 3.05) is 25.1 Å². The second-order valence-corrected chi connectivity index (χ2v) is 9.90. The van der Waals surface area contributed by atoms with Gasteiger partial charge in [0.2, 0.25) is 0 Å². The molecule has 10 nitrogen and oxygen atoms in total. The number of nitro groups is 1. The molecule has 1 fully saturated rings. The van der Waals surface area contributed by atoms with Crippen LogP contribution in [-0.2, 0) is 14.8 Å². The van der Waals surface area contributed by atoms with E-state index in [4.69, 9.17) is 9.47 Å². The molecule has 1 saturated heterocycles. The Morgan fingerprint density at radius 3 is 2.44 bits per heavy atom. The van der Waals surface area contributed by atoms with Gasteiger partial charge in [0.25, 0.3) is 21.6 Å². The molecule has 4 rings (SSSR count). The summed E-state index contributed by atoms with van der Waals surface area (Å²) in [5.41, 5.74) is -0.197. The molecule has 0 aliphatic carbocycles. The highest BCUT2D eigenvalue weighted by Crippen LogP contribution is 2.29. The fourth-order valence-corrected chi connectivity index (χ4v) is 4.76. The van der Waals surface area contributed by atoms with Gasteiger partial charge in [0.1, 0.15) is 17.2 Å². The largest absolute Gasteiger partial charge is 0.457 e. The van der Waals surface area contributed by atoms with Crippen LogP contribution >= 0.6 is 0 Å². The van der Waals surface area contributed by atoms with Crippen LogP contribution in [0.15, 0.2) is 77.7 Å². The van der Waals surface area contributed by atoms with Crippen LogP contribution in [0.5, 0.6) is 11.5 Å². The number of carbonyl (C=O) groups excluding carboxylic acids is 1. The first-order valence-corrected chi connectivity index (χ1v) is 12.8. The van der Waals surface area contributed by atoms with Crippen LogP contribution < -0.4 is 14.8 Å². The van der Waals surface area contributed by atoms with Crippen molar-refractivity contribution in [3.8, 4) is 11.5 Å². The van der Waals surface area contributed by atoms with Gasteiger partial charge in [-0.1, -0.05) is 30.3 Å². The molecule has 0 saturated carbocycles. The fraction of sp³-hybridized carbons (Fsp3) is 0.240. The van der Waals surface area contributed by atoms with Gasteiger partial charge >= 0.3 is 0 Å². The maximum atomic E-state index is 12.9. The van der Waals surface area contributed by atoms with Gasteiger partial charge in [-0.2, -0.15) is 0 Å². The summed E-state index contributed by atoms with van der Waals surface area (Å²) in [6.07, 6.45) is 1.68. The number of amides is 1. The van der Waals surface area contributed by atoms with Crippen molar-refractivity contribution in [3.63, 3.8) is 0 Å². The number of rotatable bonds is 9. The molecule has 0 unspecified atom stereocenters. The summed E-state index contributed by atoms with van der Waals surface area (Å²) in [6, 6.07) is 18.4. The molecule has 1 aliphatic rings. The summed E-state index contributed by atoms with van der Waals surface area (Å²) < 4.78 is 38.9. The Morgan fingerprint density at radius 2 is 1.72 bits per heavy atom. The third-order valence-corrected chi connectivity index (χ3v) is 7.06. The van der Waals surface area contributed by atoms with E-state index in [2.05, 4.69) is 5.32 Å². The summed E-state index contributed by atoms with van der Waals surface area (Å²) in [6.45, 7) is 1.79. The van der Waals surface area contributed by atoms with Gasteiger partial charge in [-0.3, -0.25) is 14.9 Å². The SMILES string of the molecule is O=C(NS(=O)(=O)c1ccc(NCC2CCOCC2)c([N+](=O)[O-])c1)c1ccccc1Oc1ccccc1. The summed E-state index contributed by atoms with van der Waals surface area (Å²) in [4.78, 5) is 23.5. The number of carbonyl (C=O) groups is 1. The molecule has 1 amide bonds. The van der Waals surface area contributed by atoms with Gasteiger partial charge < -0.3 is 14.8 Å². The van der Waals surface area contributed by atoms with E-state index in [1.54, 1.807) is 36.4 Å². The minimum absolute atomic E-state index is 0.00539. The van der Waals surface area contributed by atoms with Crippen LogP contribution in [0.1, 0.15) is 23.2 Å². The molecule has 188 valence electrons. The smallest absolute Gasteiger partial charge is 0.293 e. The minimum Gasteiger partial charge on any atom is -0.457 e. The van der Waals surface area contributed by atoms with Gasteiger partial charge in [0.05, 0.1) is 15.4 Å². The Hall–Kier alpha value is -3.96. The molecule has 3 aromatic carbocycles. The summed E-state index contributed by atoms with van der Waals surface area (Å²) in [5, 5.41) is 14.7. The maximum Gasteiger partial charge on any atom is 0.293 e. The molecule has 2 N–H and O–H groups in total. The van der Waals surface area contributed by atoms with Gasteiger partial charge in [-0.05, 0) is 55.2 Å². The highest BCUT2D eigenvalue weighted by Gasteiger charge is 2.25. The molecular weight excluding hydrogens is 486 g/mol. The summed E-state index contributed by atoms with van der Waals surface area (Å²) in [7, 11) is -4.41. The Balaban J connectivity index is 1.52. The number of sulfonamides is 1. The first kappa shape index (κ1) is 25.1. The van der Waals surface area contributed by atoms with Crippen LogP contribution in [0.25, 0.3) is 0 Å². The number of benzene rings is 3. The lowest BCUT2D eigenvalue weighted by Gasteiger charge is -2.22. The number of anilines is 1. The number of hydrogen-bond acceptors (Lipinski definition) is 8. The van der Waals surface area contributed by atoms with Crippen LogP contribution in [-0.4, -0.2) is 39.0 Å². The molecule has 36 heavy (non-hydrogen) atoms. The monoisotopic (exact) mass is 511 g/mol. The molecular formula is C25H25N3O7S. The first-order chi connectivity index (χ1) is 17.3. The van der Waals surface area contributed by atoms with Crippen LogP contribution in [0.3, 0.4) is 0 Å². The summed E-state index contributed by atoms with van der Waals surface area (Å²) >= 11 is 0. The average molecular weight is 512 g/mol. The zero-order valence-electron chi connectivity index (χ0n) is 19.3. The molecule has 11 heteroatoms. The predicted molar refractivity (Wildman–Crippen MR) is 133 cm³/mol. The molecule has 0 atom stereocenters. The molecule has 0 radical (unpaired) electrons. The van der Waals surface area contributed by atoms with E-state index in [-0.39, 0.29) is 17.0 Å². The second-order valence-electron chi connectivity index (χ2n) is 8.22. The van der Waals surface area contributed by atoms with Crippen molar-refractivity contribution in [3.05, 3.63) is 88.5 Å². The van der Waals surface area contributed by atoms with Crippen molar-refractivity contribution in [1.29, 1.82) is 0 Å². The van der Waals surface area contributed by atoms with Crippen molar-refractivity contribution >= 4 is 27.3 Å². The van der Waals surface area contributed by atoms with E-state index in [9.17, 15) is 23.3 Å². The van der Waals surface area contributed by atoms with Gasteiger partial charge in [-0.25, -0.2) is 13.1 Å². The Kier molecular flexibility index (Phi) is 7.81. The number of hydrogen-bond donors (Lipinski definition) is 2. The third-order valence-electron chi connectivity index (χ3n) is 5.73. The van der Waals surface area contributed by atoms with Gasteiger partial charge in [0, 0.05) is 25.8 Å². The molecule has 1 aliphatic heterocycles. The summed E-state index contributed by atoms with van der Waals surface area (Å²) in [5.74, 6) is 0.0141. The minimum atomic E-state index is -4.41. The average Bonchev–Trinajstić information content (AvgIpc) is 2.88. The Morgan fingerprint density at radius 1 is 1.03 bits per heavy atom. The lowest BCUT2D eigenvalue weighted by atomic mass is 10.0. The standard InChI is InChI=1S/C25H25N3O7S/c29-25(21-8-4-5-9-24(21)35-19-6-2-1-3-7-19)27-36(32,33)20-10-11-22(23(16-20)28(30)31)26-17-18-12-14-34-15-13-18/h1-11,16,18,26H,12-15,17H2,(H,27,29). The lowest BCUT2D eigenvalue weighted by Crippen LogP contribution is -2.31. The van der Waals surface area contributed by atoms with Crippen molar-refractivity contribution < 1.29 is 27.6 Å². The normalized spacial score (nSPS) is 14.1. The Bertz CT molecular complexity index is 1340. The van der Waals surface area contributed by atoms with E-state index in [1.807, 2.05) is 10.8 Å². The van der Waals surface area contributed by atoms with E-state index in [0.29, 0.717) is 31.4 Å². The molecule has 3 aromatic rings. The van der Waals surface area contributed by atoms with Gasteiger partial charge in [-0.15, -0.1) is 0 Å². The molecule has 0 spiro atoms. The number of nitrogens with zero attached hydrogens (tertiary/aromatic N) is 1. The number of ether oxygens (including phenoxy) is 2. The zero-order valence-corrected chi connectivity index (χ0v) is 20.1. The Labute approximate surface area is 208 Å². The van der Waals surface area contributed by atoms with Crippen molar-refractivity contribution in [1.82, 2.24) is 4.72 Å². The van der Waals surface area contributed by atoms with Gasteiger partial charge in [0.15, 0.2) is 0 Å². The van der Waals surface area contributed by atoms with E-state index >= 15 is 0 Å². The number of nitrogens with one attached hydrogen (secondary N) is 2. The maximum absolute atomic E-state index is 12.9.